The fraction of sp³-hybridized carbons (Fsp3) is 0.450. The Morgan fingerprint density at radius 1 is 0.823 bits per heavy atom. The number of rotatable bonds is 26. The predicted molar refractivity (Wildman–Crippen MR) is 321 cm³/mol. The number of hydrogen-bond donors (Lipinski definition) is 2. The van der Waals surface area contributed by atoms with E-state index in [-0.39, 0.29) is 64.5 Å². The molecule has 2 aliphatic rings. The van der Waals surface area contributed by atoms with Crippen LogP contribution in [-0.2, 0) is 38.9 Å². The number of ether oxygens (including phenoxy) is 2. The first-order valence-corrected chi connectivity index (χ1v) is 35.8. The second kappa shape index (κ2) is 28.0. The van der Waals surface area contributed by atoms with Crippen LogP contribution in [0.1, 0.15) is 73.7 Å². The zero-order valence-corrected chi connectivity index (χ0v) is 50.9. The Bertz CT molecular complexity index is 3070. The SMILES string of the molecule is C[C@@H](c1ccccc1-c1ccc(Cl)cc1)C1CCN(c2ccc(C(=O)NS(=O)(=O)c3ccc(N[C@@H](CSc4ccccc4)C[C@@H]4CCCN4CCOC(=O)CC[C@@H](C(=O)OCC[Si](C)(C)C)N(C)C)c(S(C)(=O)=O)c3)cc2)CC1. The molecule has 0 radical (unpaired) electrons. The number of sulfone groups is 1. The number of amides is 1. The summed E-state index contributed by atoms with van der Waals surface area (Å²) in [5, 5.41) is 4.18. The van der Waals surface area contributed by atoms with E-state index in [1.165, 1.54) is 23.3 Å². The molecule has 4 atom stereocenters. The van der Waals surface area contributed by atoms with Gasteiger partial charge in [-0.25, -0.2) is 21.6 Å². The van der Waals surface area contributed by atoms with Gasteiger partial charge in [-0.3, -0.25) is 24.2 Å². The molecule has 2 fully saturated rings. The molecule has 426 valence electrons. The third-order valence-corrected chi connectivity index (χ3v) is 20.7. The Morgan fingerprint density at radius 2 is 1.51 bits per heavy atom. The minimum Gasteiger partial charge on any atom is -0.465 e. The molecule has 0 aliphatic carbocycles. The molecule has 7 rings (SSSR count). The average Bonchev–Trinajstić information content (AvgIpc) is 3.93. The molecular formula is C60H78ClN5O9S3Si. The van der Waals surface area contributed by atoms with Crippen molar-refractivity contribution in [2.24, 2.45) is 5.92 Å². The van der Waals surface area contributed by atoms with E-state index in [0.29, 0.717) is 42.2 Å². The summed E-state index contributed by atoms with van der Waals surface area (Å²) in [4.78, 5) is 46.2. The summed E-state index contributed by atoms with van der Waals surface area (Å²) in [6.07, 6.45) is 5.79. The number of thioether (sulfide) groups is 1. The lowest BCUT2D eigenvalue weighted by Crippen LogP contribution is -2.39. The second-order valence-electron chi connectivity index (χ2n) is 22.4. The van der Waals surface area contributed by atoms with Gasteiger partial charge in [-0.05, 0) is 160 Å². The van der Waals surface area contributed by atoms with E-state index in [4.69, 9.17) is 21.1 Å². The molecule has 0 saturated carbocycles. The van der Waals surface area contributed by atoms with E-state index in [1.54, 1.807) is 42.9 Å². The Kier molecular flexibility index (Phi) is 21.7. The maximum absolute atomic E-state index is 13.9. The number of halogens is 1. The van der Waals surface area contributed by atoms with E-state index in [0.717, 1.165) is 79.8 Å². The number of likely N-dealkylation sites (tertiary alicyclic amines) is 1. The van der Waals surface area contributed by atoms with Crippen LogP contribution in [0.15, 0.2) is 136 Å². The normalized spacial score (nSPS) is 16.8. The van der Waals surface area contributed by atoms with Crippen molar-refractivity contribution in [3.8, 4) is 11.1 Å². The van der Waals surface area contributed by atoms with Gasteiger partial charge in [-0.2, -0.15) is 0 Å². The predicted octanol–water partition coefficient (Wildman–Crippen LogP) is 11.1. The van der Waals surface area contributed by atoms with Gasteiger partial charge in [0, 0.05) is 79.4 Å². The molecule has 0 aromatic heterocycles. The van der Waals surface area contributed by atoms with Crippen LogP contribution < -0.4 is 14.9 Å². The summed E-state index contributed by atoms with van der Waals surface area (Å²) in [6.45, 7) is 12.5. The summed E-state index contributed by atoms with van der Waals surface area (Å²) < 4.78 is 68.1. The van der Waals surface area contributed by atoms with Crippen molar-refractivity contribution in [1.82, 2.24) is 14.5 Å². The maximum atomic E-state index is 13.9. The monoisotopic (exact) mass is 1170 g/mol. The van der Waals surface area contributed by atoms with Gasteiger partial charge in [0.1, 0.15) is 12.6 Å². The summed E-state index contributed by atoms with van der Waals surface area (Å²) in [5.74, 6) is -0.186. The second-order valence-corrected chi connectivity index (χ2v) is 33.2. The van der Waals surface area contributed by atoms with Crippen molar-refractivity contribution < 1.29 is 40.7 Å². The molecule has 0 spiro atoms. The zero-order valence-electron chi connectivity index (χ0n) is 46.7. The lowest BCUT2D eigenvalue weighted by molar-refractivity contribution is -0.150. The smallest absolute Gasteiger partial charge is 0.323 e. The Morgan fingerprint density at radius 3 is 2.18 bits per heavy atom. The molecule has 14 nitrogen and oxygen atoms in total. The number of anilines is 2. The van der Waals surface area contributed by atoms with Crippen LogP contribution in [0, 0.1) is 5.92 Å². The molecule has 5 aromatic rings. The van der Waals surface area contributed by atoms with E-state index >= 15 is 0 Å². The third-order valence-electron chi connectivity index (χ3n) is 15.1. The van der Waals surface area contributed by atoms with E-state index in [9.17, 15) is 31.2 Å². The van der Waals surface area contributed by atoms with Crippen molar-refractivity contribution in [3.63, 3.8) is 0 Å². The van der Waals surface area contributed by atoms with Crippen molar-refractivity contribution in [2.45, 2.75) is 116 Å². The molecule has 5 aromatic carbocycles. The van der Waals surface area contributed by atoms with Gasteiger partial charge in [0.05, 0.1) is 22.1 Å². The molecule has 0 bridgehead atoms. The van der Waals surface area contributed by atoms with Crippen LogP contribution in [0.4, 0.5) is 11.4 Å². The number of carbonyl (C=O) groups excluding carboxylic acids is 3. The lowest BCUT2D eigenvalue weighted by Gasteiger charge is -2.37. The highest BCUT2D eigenvalue weighted by Gasteiger charge is 2.31. The van der Waals surface area contributed by atoms with E-state index < -0.39 is 39.9 Å². The number of likely N-dealkylation sites (N-methyl/N-ethyl adjacent to an activating group) is 1. The number of nitrogens with zero attached hydrogens (tertiary/aromatic N) is 3. The molecule has 0 unspecified atom stereocenters. The van der Waals surface area contributed by atoms with Gasteiger partial charge in [0.25, 0.3) is 15.9 Å². The molecule has 2 heterocycles. The van der Waals surface area contributed by atoms with Crippen LogP contribution in [0.2, 0.25) is 30.7 Å². The van der Waals surface area contributed by atoms with Crippen LogP contribution in [0.25, 0.3) is 11.1 Å². The first-order valence-electron chi connectivity index (χ1n) is 27.3. The first-order chi connectivity index (χ1) is 37.5. The molecule has 19 heteroatoms. The average molecular weight is 1170 g/mol. The fourth-order valence-electron chi connectivity index (χ4n) is 10.5. The van der Waals surface area contributed by atoms with Gasteiger partial charge in [0.15, 0.2) is 9.84 Å². The number of esters is 2. The van der Waals surface area contributed by atoms with Crippen molar-refractivity contribution in [2.75, 3.05) is 75.7 Å². The number of benzene rings is 5. The van der Waals surface area contributed by atoms with Gasteiger partial charge in [-0.1, -0.05) is 92.8 Å². The quantitative estimate of drug-likeness (QED) is 0.0304. The maximum Gasteiger partial charge on any atom is 0.323 e. The van der Waals surface area contributed by atoms with E-state index in [2.05, 4.69) is 82.8 Å². The molecular weight excluding hydrogens is 1090 g/mol. The molecule has 1 amide bonds. The van der Waals surface area contributed by atoms with E-state index in [1.807, 2.05) is 54.6 Å². The fourth-order valence-corrected chi connectivity index (χ4v) is 14.2. The molecule has 2 N–H and O–H groups in total. The van der Waals surface area contributed by atoms with Gasteiger partial charge in [-0.15, -0.1) is 11.8 Å². The number of nitrogens with one attached hydrogen (secondary N) is 2. The largest absolute Gasteiger partial charge is 0.465 e. The summed E-state index contributed by atoms with van der Waals surface area (Å²) >= 11 is 7.81. The molecule has 79 heavy (non-hydrogen) atoms. The summed E-state index contributed by atoms with van der Waals surface area (Å²) in [6, 6.07) is 37.3. The number of hydrogen-bond acceptors (Lipinski definition) is 14. The topological polar surface area (TPSA) is 172 Å². The minimum atomic E-state index is -4.51. The Hall–Kier alpha value is -5.21. The summed E-state index contributed by atoms with van der Waals surface area (Å²) in [5.41, 5.74) is 4.99. The summed E-state index contributed by atoms with van der Waals surface area (Å²) in [7, 11) is -6.29. The zero-order chi connectivity index (χ0) is 56.9. The highest BCUT2D eigenvalue weighted by molar-refractivity contribution is 7.99. The number of piperidine rings is 1. The first kappa shape index (κ1) is 61.4. The minimum absolute atomic E-state index is 0.0754. The number of carbonyl (C=O) groups is 3. The van der Waals surface area contributed by atoms with Gasteiger partial charge >= 0.3 is 11.9 Å². The standard InChI is InChI=1S/C60H78ClN5O9S3Si/c1-43(53-17-11-12-18-54(53)45-19-23-47(61)24-20-45)44-31-34-66(35-32-44)49-25-21-46(22-26-49)59(68)63-78(72,73)52-27-28-55(57(41-52)77(4,70)71)62-48(42-76-51-15-9-8-10-16-51)40-50-14-13-33-65(50)36-37-74-58(67)30-29-56(64(2)3)60(69)75-38-39-79(5,6)7/h8-12,15-28,41,43-44,48,50,56,62H,13-14,29-40,42H2,1-7H3,(H,63,68)/t43-,48-,50+,56+/m1/s1. The van der Waals surface area contributed by atoms with Crippen molar-refractivity contribution in [3.05, 3.63) is 137 Å². The van der Waals surface area contributed by atoms with Crippen LogP contribution in [0.3, 0.4) is 0 Å². The van der Waals surface area contributed by atoms with Crippen molar-refractivity contribution in [1.29, 1.82) is 0 Å². The van der Waals surface area contributed by atoms with Gasteiger partial charge < -0.3 is 19.7 Å². The lowest BCUT2D eigenvalue weighted by atomic mass is 9.78. The third kappa shape index (κ3) is 17.9. The Labute approximate surface area is 479 Å². The van der Waals surface area contributed by atoms with Crippen LogP contribution >= 0.6 is 23.4 Å². The van der Waals surface area contributed by atoms with Crippen LogP contribution in [0.5, 0.6) is 0 Å². The van der Waals surface area contributed by atoms with Crippen molar-refractivity contribution >= 4 is 80.5 Å². The number of sulfonamides is 1. The molecule has 2 aliphatic heterocycles. The Balaban J connectivity index is 0.953. The highest BCUT2D eigenvalue weighted by atomic mass is 35.5. The van der Waals surface area contributed by atoms with Crippen LogP contribution in [-0.4, -0.2) is 136 Å². The van der Waals surface area contributed by atoms with Gasteiger partial charge in [0.2, 0.25) is 0 Å². The highest BCUT2D eigenvalue weighted by Crippen LogP contribution is 2.39. The molecule has 2 saturated heterocycles.